The maximum absolute atomic E-state index is 12.6. The number of hydrogen-bond donors (Lipinski definition) is 0. The first-order valence-electron chi connectivity index (χ1n) is 8.59. The van der Waals surface area contributed by atoms with Gasteiger partial charge in [0.1, 0.15) is 12.4 Å². The molecule has 3 rings (SSSR count). The Labute approximate surface area is 158 Å². The molecule has 0 aliphatic heterocycles. The van der Waals surface area contributed by atoms with Crippen LogP contribution in [0.15, 0.2) is 59.4 Å². The Bertz CT molecular complexity index is 827. The lowest BCUT2D eigenvalue weighted by Gasteiger charge is -2.18. The van der Waals surface area contributed by atoms with Crippen molar-refractivity contribution in [1.29, 1.82) is 0 Å². The number of rotatable bonds is 7. The van der Waals surface area contributed by atoms with E-state index in [1.165, 1.54) is 5.56 Å². The summed E-state index contributed by atoms with van der Waals surface area (Å²) in [7, 11) is 1.82. The lowest BCUT2D eigenvalue weighted by molar-refractivity contribution is 0.0785. The summed E-state index contributed by atoms with van der Waals surface area (Å²) >= 11 is 1.55. The highest BCUT2D eigenvalue weighted by molar-refractivity contribution is 7.07. The number of amides is 1. The molecule has 0 unspecified atom stereocenters. The van der Waals surface area contributed by atoms with Gasteiger partial charge in [0.25, 0.3) is 5.91 Å². The van der Waals surface area contributed by atoms with E-state index in [2.05, 4.69) is 36.2 Å². The number of carbonyl (C=O) groups is 1. The minimum Gasteiger partial charge on any atom is -0.487 e. The van der Waals surface area contributed by atoms with Crippen LogP contribution in [-0.2, 0) is 19.6 Å². The average molecular weight is 366 g/mol. The van der Waals surface area contributed by atoms with Crippen LogP contribution in [0.5, 0.6) is 5.75 Å². The molecule has 1 amide bonds. The second-order valence-corrected chi connectivity index (χ2v) is 6.84. The molecule has 0 saturated heterocycles. The fraction of sp³-hybridized carbons (Fsp3) is 0.238. The third-order valence-electron chi connectivity index (χ3n) is 4.17. The highest BCUT2D eigenvalue weighted by atomic mass is 32.1. The van der Waals surface area contributed by atoms with Crippen molar-refractivity contribution in [3.8, 4) is 5.75 Å². The zero-order valence-corrected chi connectivity index (χ0v) is 15.8. The molecule has 134 valence electrons. The van der Waals surface area contributed by atoms with Gasteiger partial charge < -0.3 is 9.64 Å². The molecule has 0 fully saturated rings. The van der Waals surface area contributed by atoms with Crippen LogP contribution >= 0.6 is 11.3 Å². The molecule has 1 heterocycles. The van der Waals surface area contributed by atoms with Gasteiger partial charge in [0, 0.05) is 24.5 Å². The van der Waals surface area contributed by atoms with Crippen molar-refractivity contribution >= 4 is 17.2 Å². The van der Waals surface area contributed by atoms with Crippen LogP contribution in [-0.4, -0.2) is 22.8 Å². The summed E-state index contributed by atoms with van der Waals surface area (Å²) < 4.78 is 5.68. The molecule has 0 bridgehead atoms. The number of aryl methyl sites for hydroxylation is 1. The number of aromatic nitrogens is 1. The molecule has 0 radical (unpaired) electrons. The van der Waals surface area contributed by atoms with E-state index in [1.807, 2.05) is 24.6 Å². The quantitative estimate of drug-likeness (QED) is 0.616. The molecule has 3 aromatic rings. The van der Waals surface area contributed by atoms with Gasteiger partial charge in [-0.1, -0.05) is 31.2 Å². The van der Waals surface area contributed by atoms with Crippen molar-refractivity contribution in [2.75, 3.05) is 7.05 Å². The van der Waals surface area contributed by atoms with Gasteiger partial charge in [-0.2, -0.15) is 0 Å². The Kier molecular flexibility index (Phi) is 6.02. The molecule has 4 nitrogen and oxygen atoms in total. The third-order valence-corrected chi connectivity index (χ3v) is 4.80. The van der Waals surface area contributed by atoms with Gasteiger partial charge in [-0.25, -0.2) is 4.98 Å². The van der Waals surface area contributed by atoms with Crippen LogP contribution in [0.4, 0.5) is 0 Å². The van der Waals surface area contributed by atoms with E-state index in [4.69, 9.17) is 4.74 Å². The van der Waals surface area contributed by atoms with Crippen molar-refractivity contribution in [1.82, 2.24) is 9.88 Å². The molecule has 0 atom stereocenters. The third kappa shape index (κ3) is 4.70. The Morgan fingerprint density at radius 2 is 1.77 bits per heavy atom. The summed E-state index contributed by atoms with van der Waals surface area (Å²) in [5.74, 6) is 0.725. The normalized spacial score (nSPS) is 10.5. The van der Waals surface area contributed by atoms with E-state index in [1.54, 1.807) is 33.9 Å². The second kappa shape index (κ2) is 8.63. The van der Waals surface area contributed by atoms with E-state index >= 15 is 0 Å². The zero-order valence-electron chi connectivity index (χ0n) is 15.0. The van der Waals surface area contributed by atoms with Gasteiger partial charge in [-0.3, -0.25) is 4.79 Å². The van der Waals surface area contributed by atoms with Gasteiger partial charge in [0.15, 0.2) is 0 Å². The highest BCUT2D eigenvalue weighted by Gasteiger charge is 2.12. The first-order chi connectivity index (χ1) is 12.7. The van der Waals surface area contributed by atoms with Gasteiger partial charge in [-0.05, 0) is 41.8 Å². The Balaban J connectivity index is 1.57. The Morgan fingerprint density at radius 3 is 2.38 bits per heavy atom. The summed E-state index contributed by atoms with van der Waals surface area (Å²) in [5, 5.41) is 1.96. The molecular formula is C21H22N2O2S. The molecule has 2 aromatic carbocycles. The maximum atomic E-state index is 12.6. The Hall–Kier alpha value is -2.66. The highest BCUT2D eigenvalue weighted by Crippen LogP contribution is 2.16. The minimum absolute atomic E-state index is 0.00406. The van der Waals surface area contributed by atoms with Crippen LogP contribution in [0.3, 0.4) is 0 Å². The first-order valence-corrected chi connectivity index (χ1v) is 9.53. The van der Waals surface area contributed by atoms with Crippen LogP contribution in [0.1, 0.15) is 34.1 Å². The molecule has 0 N–H and O–H groups in total. The lowest BCUT2D eigenvalue weighted by Crippen LogP contribution is -2.26. The SMILES string of the molecule is CCc1ccc(CN(C)C(=O)c2ccc(OCc3cscn3)cc2)cc1. The summed E-state index contributed by atoms with van der Waals surface area (Å²) in [4.78, 5) is 18.5. The van der Waals surface area contributed by atoms with E-state index in [9.17, 15) is 4.79 Å². The monoisotopic (exact) mass is 366 g/mol. The van der Waals surface area contributed by atoms with E-state index in [0.29, 0.717) is 18.7 Å². The fourth-order valence-corrected chi connectivity index (χ4v) is 3.15. The largest absolute Gasteiger partial charge is 0.487 e. The number of thiazole rings is 1. The van der Waals surface area contributed by atoms with Gasteiger partial charge in [-0.15, -0.1) is 11.3 Å². The topological polar surface area (TPSA) is 42.4 Å². The standard InChI is InChI=1S/C21H22N2O2S/c1-3-16-4-6-17(7-5-16)12-23(2)21(24)18-8-10-20(11-9-18)25-13-19-14-26-15-22-19/h4-11,14-15H,3,12-13H2,1-2H3. The molecule has 0 saturated carbocycles. The maximum Gasteiger partial charge on any atom is 0.253 e. The second-order valence-electron chi connectivity index (χ2n) is 6.12. The predicted octanol–water partition coefficient (Wildman–Crippen LogP) is 4.56. The predicted molar refractivity (Wildman–Crippen MR) is 105 cm³/mol. The van der Waals surface area contributed by atoms with Crippen molar-refractivity contribution in [3.63, 3.8) is 0 Å². The van der Waals surface area contributed by atoms with Crippen LogP contribution in [0.25, 0.3) is 0 Å². The van der Waals surface area contributed by atoms with Crippen LogP contribution in [0, 0.1) is 0 Å². The summed E-state index contributed by atoms with van der Waals surface area (Å²) in [5.41, 5.74) is 5.77. The first kappa shape index (κ1) is 18.1. The number of carbonyl (C=O) groups excluding carboxylic acids is 1. The molecule has 0 aliphatic rings. The van der Waals surface area contributed by atoms with Crippen molar-refractivity contribution in [2.45, 2.75) is 26.5 Å². The molecule has 5 heteroatoms. The molecule has 26 heavy (non-hydrogen) atoms. The Morgan fingerprint density at radius 1 is 1.08 bits per heavy atom. The van der Waals surface area contributed by atoms with Crippen molar-refractivity contribution in [3.05, 3.63) is 81.8 Å². The van der Waals surface area contributed by atoms with E-state index < -0.39 is 0 Å². The van der Waals surface area contributed by atoms with E-state index in [-0.39, 0.29) is 5.91 Å². The van der Waals surface area contributed by atoms with Crippen LogP contribution in [0.2, 0.25) is 0 Å². The van der Waals surface area contributed by atoms with Gasteiger partial charge in [0.2, 0.25) is 0 Å². The number of benzene rings is 2. The van der Waals surface area contributed by atoms with E-state index in [0.717, 1.165) is 23.4 Å². The summed E-state index contributed by atoms with van der Waals surface area (Å²) in [6.07, 6.45) is 1.02. The van der Waals surface area contributed by atoms with Crippen molar-refractivity contribution in [2.24, 2.45) is 0 Å². The zero-order chi connectivity index (χ0) is 18.4. The molecular weight excluding hydrogens is 344 g/mol. The molecule has 0 aliphatic carbocycles. The average Bonchev–Trinajstić information content (AvgIpc) is 3.20. The fourth-order valence-electron chi connectivity index (χ4n) is 2.61. The lowest BCUT2D eigenvalue weighted by atomic mass is 10.1. The molecule has 1 aromatic heterocycles. The van der Waals surface area contributed by atoms with Crippen molar-refractivity contribution < 1.29 is 9.53 Å². The minimum atomic E-state index is -0.00406. The molecule has 0 spiro atoms. The number of hydrogen-bond acceptors (Lipinski definition) is 4. The van der Waals surface area contributed by atoms with Gasteiger partial charge in [0.05, 0.1) is 11.2 Å². The summed E-state index contributed by atoms with van der Waals surface area (Å²) in [6.45, 7) is 3.16. The smallest absolute Gasteiger partial charge is 0.253 e. The number of ether oxygens (including phenoxy) is 1. The summed E-state index contributed by atoms with van der Waals surface area (Å²) in [6, 6.07) is 15.6. The van der Waals surface area contributed by atoms with Crippen LogP contribution < -0.4 is 4.74 Å². The number of nitrogens with zero attached hydrogens (tertiary/aromatic N) is 2. The van der Waals surface area contributed by atoms with Gasteiger partial charge >= 0.3 is 0 Å².